The Morgan fingerprint density at radius 1 is 0.750 bits per heavy atom. The third-order valence-electron chi connectivity index (χ3n) is 4.56. The largest absolute Gasteiger partial charge is 0.270 e. The summed E-state index contributed by atoms with van der Waals surface area (Å²) in [7, 11) is 0. The van der Waals surface area contributed by atoms with Gasteiger partial charge in [0, 0.05) is 0 Å². The molecule has 24 heavy (non-hydrogen) atoms. The Hall–Kier alpha value is -2.42. The van der Waals surface area contributed by atoms with Crippen LogP contribution in [0.1, 0.15) is 64.4 Å². The fourth-order valence-corrected chi connectivity index (χ4v) is 3.13. The lowest BCUT2D eigenvalue weighted by Crippen LogP contribution is -2.29. The van der Waals surface area contributed by atoms with Crippen molar-refractivity contribution >= 4 is 11.8 Å². The number of imide groups is 1. The maximum absolute atomic E-state index is 12.4. The van der Waals surface area contributed by atoms with Gasteiger partial charge in [0.25, 0.3) is 11.8 Å². The Bertz CT molecular complexity index is 699. The number of amides is 2. The molecule has 1 aliphatic rings. The Kier molecular flexibility index (Phi) is 5.09. The standard InChI is InChI=1S/C21H23NO2/c1-2-3-4-5-8-16-11-13-17(14-12-16)15-22-20(23)18-9-6-7-10-19(18)21(22)24/h6-7,9-14H,2-5,8,15H2,1H3. The molecule has 0 atom stereocenters. The summed E-state index contributed by atoms with van der Waals surface area (Å²) in [5.74, 6) is -0.390. The fraction of sp³-hybridized carbons (Fsp3) is 0.333. The summed E-state index contributed by atoms with van der Waals surface area (Å²) < 4.78 is 0. The first kappa shape index (κ1) is 16.4. The maximum atomic E-state index is 12.4. The van der Waals surface area contributed by atoms with E-state index in [1.54, 1.807) is 24.3 Å². The van der Waals surface area contributed by atoms with Gasteiger partial charge in [-0.05, 0) is 36.1 Å². The number of benzene rings is 2. The summed E-state index contributed by atoms with van der Waals surface area (Å²) in [5.41, 5.74) is 3.32. The van der Waals surface area contributed by atoms with Crippen molar-refractivity contribution in [3.8, 4) is 0 Å². The molecule has 3 heteroatoms. The van der Waals surface area contributed by atoms with Crippen molar-refractivity contribution in [3.63, 3.8) is 0 Å². The third kappa shape index (κ3) is 3.40. The molecule has 2 amide bonds. The summed E-state index contributed by atoms with van der Waals surface area (Å²) in [4.78, 5) is 26.1. The molecule has 1 aliphatic heterocycles. The summed E-state index contributed by atoms with van der Waals surface area (Å²) in [6.45, 7) is 2.55. The van der Waals surface area contributed by atoms with E-state index in [-0.39, 0.29) is 11.8 Å². The van der Waals surface area contributed by atoms with Gasteiger partial charge in [-0.3, -0.25) is 14.5 Å². The van der Waals surface area contributed by atoms with Gasteiger partial charge in [0.05, 0.1) is 17.7 Å². The van der Waals surface area contributed by atoms with E-state index in [0.29, 0.717) is 17.7 Å². The van der Waals surface area contributed by atoms with Crippen LogP contribution in [0.5, 0.6) is 0 Å². The second-order valence-corrected chi connectivity index (χ2v) is 6.37. The average Bonchev–Trinajstić information content (AvgIpc) is 2.85. The first-order valence-corrected chi connectivity index (χ1v) is 8.73. The summed E-state index contributed by atoms with van der Waals surface area (Å²) >= 11 is 0. The van der Waals surface area contributed by atoms with Gasteiger partial charge in [0.15, 0.2) is 0 Å². The van der Waals surface area contributed by atoms with Crippen LogP contribution in [0.15, 0.2) is 48.5 Å². The lowest BCUT2D eigenvalue weighted by molar-refractivity contribution is 0.0642. The molecule has 0 unspecified atom stereocenters. The van der Waals surface area contributed by atoms with Gasteiger partial charge in [-0.15, -0.1) is 0 Å². The van der Waals surface area contributed by atoms with E-state index in [4.69, 9.17) is 0 Å². The molecular formula is C21H23NO2. The molecular weight excluding hydrogens is 298 g/mol. The molecule has 0 spiro atoms. The lowest BCUT2D eigenvalue weighted by atomic mass is 10.0. The van der Waals surface area contributed by atoms with E-state index in [2.05, 4.69) is 19.1 Å². The molecule has 0 N–H and O–H groups in total. The summed E-state index contributed by atoms with van der Waals surface area (Å²) in [5, 5.41) is 0. The van der Waals surface area contributed by atoms with Gasteiger partial charge in [-0.2, -0.15) is 0 Å². The number of aryl methyl sites for hydroxylation is 1. The third-order valence-corrected chi connectivity index (χ3v) is 4.56. The predicted molar refractivity (Wildman–Crippen MR) is 94.9 cm³/mol. The first-order chi connectivity index (χ1) is 11.7. The number of nitrogens with zero attached hydrogens (tertiary/aromatic N) is 1. The number of hydrogen-bond acceptors (Lipinski definition) is 2. The van der Waals surface area contributed by atoms with Crippen molar-refractivity contribution < 1.29 is 9.59 Å². The Labute approximate surface area is 143 Å². The van der Waals surface area contributed by atoms with Crippen LogP contribution in [0, 0.1) is 0 Å². The maximum Gasteiger partial charge on any atom is 0.261 e. The molecule has 0 saturated carbocycles. The highest BCUT2D eigenvalue weighted by atomic mass is 16.2. The number of carbonyl (C=O) groups excluding carboxylic acids is 2. The van der Waals surface area contributed by atoms with E-state index in [1.165, 1.54) is 36.1 Å². The van der Waals surface area contributed by atoms with E-state index in [1.807, 2.05) is 12.1 Å². The van der Waals surface area contributed by atoms with E-state index < -0.39 is 0 Å². The average molecular weight is 321 g/mol. The molecule has 124 valence electrons. The minimum atomic E-state index is -0.195. The zero-order chi connectivity index (χ0) is 16.9. The fourth-order valence-electron chi connectivity index (χ4n) is 3.13. The molecule has 0 aliphatic carbocycles. The number of fused-ring (bicyclic) bond motifs is 1. The molecule has 0 radical (unpaired) electrons. The summed E-state index contributed by atoms with van der Waals surface area (Å²) in [6, 6.07) is 15.3. The van der Waals surface area contributed by atoms with Crippen LogP contribution in [0.4, 0.5) is 0 Å². The molecule has 0 bridgehead atoms. The van der Waals surface area contributed by atoms with Crippen LogP contribution in [0.2, 0.25) is 0 Å². The quantitative estimate of drug-likeness (QED) is 0.552. The van der Waals surface area contributed by atoms with Gasteiger partial charge in [0.2, 0.25) is 0 Å². The minimum Gasteiger partial charge on any atom is -0.270 e. The predicted octanol–water partition coefficient (Wildman–Crippen LogP) is 4.61. The van der Waals surface area contributed by atoms with Gasteiger partial charge in [-0.25, -0.2) is 0 Å². The van der Waals surface area contributed by atoms with Crippen molar-refractivity contribution in [1.29, 1.82) is 0 Å². The second kappa shape index (κ2) is 7.43. The van der Waals surface area contributed by atoms with Crippen LogP contribution in [-0.4, -0.2) is 16.7 Å². The normalized spacial score (nSPS) is 13.5. The van der Waals surface area contributed by atoms with Crippen LogP contribution in [0.25, 0.3) is 0 Å². The zero-order valence-electron chi connectivity index (χ0n) is 14.1. The van der Waals surface area contributed by atoms with Gasteiger partial charge < -0.3 is 0 Å². The lowest BCUT2D eigenvalue weighted by Gasteiger charge is -2.14. The van der Waals surface area contributed by atoms with Crippen LogP contribution in [-0.2, 0) is 13.0 Å². The van der Waals surface area contributed by atoms with Crippen molar-refractivity contribution in [2.45, 2.75) is 45.6 Å². The van der Waals surface area contributed by atoms with Gasteiger partial charge in [0.1, 0.15) is 0 Å². The first-order valence-electron chi connectivity index (χ1n) is 8.73. The highest BCUT2D eigenvalue weighted by Crippen LogP contribution is 2.24. The molecule has 1 heterocycles. The molecule has 0 aromatic heterocycles. The monoisotopic (exact) mass is 321 g/mol. The smallest absolute Gasteiger partial charge is 0.261 e. The molecule has 3 nitrogen and oxygen atoms in total. The molecule has 2 aromatic carbocycles. The van der Waals surface area contributed by atoms with Crippen LogP contribution in [0.3, 0.4) is 0 Å². The van der Waals surface area contributed by atoms with Crippen LogP contribution < -0.4 is 0 Å². The Morgan fingerprint density at radius 2 is 1.33 bits per heavy atom. The number of unbranched alkanes of at least 4 members (excludes halogenated alkanes) is 3. The highest BCUT2D eigenvalue weighted by Gasteiger charge is 2.34. The molecule has 2 aromatic rings. The second-order valence-electron chi connectivity index (χ2n) is 6.37. The van der Waals surface area contributed by atoms with Crippen molar-refractivity contribution in [2.24, 2.45) is 0 Å². The number of rotatable bonds is 7. The molecule has 0 saturated heterocycles. The summed E-state index contributed by atoms with van der Waals surface area (Å²) in [6.07, 6.45) is 6.11. The van der Waals surface area contributed by atoms with E-state index >= 15 is 0 Å². The van der Waals surface area contributed by atoms with E-state index in [9.17, 15) is 9.59 Å². The molecule has 0 fully saturated rings. The van der Waals surface area contributed by atoms with Crippen molar-refractivity contribution in [1.82, 2.24) is 4.90 Å². The highest BCUT2D eigenvalue weighted by molar-refractivity contribution is 6.21. The van der Waals surface area contributed by atoms with Gasteiger partial charge >= 0.3 is 0 Å². The number of carbonyl (C=O) groups is 2. The van der Waals surface area contributed by atoms with Gasteiger partial charge in [-0.1, -0.05) is 62.6 Å². The SMILES string of the molecule is CCCCCCc1ccc(CN2C(=O)c3ccccc3C2=O)cc1. The Morgan fingerprint density at radius 3 is 1.92 bits per heavy atom. The van der Waals surface area contributed by atoms with Crippen LogP contribution >= 0.6 is 0 Å². The zero-order valence-corrected chi connectivity index (χ0v) is 14.1. The Balaban J connectivity index is 1.63. The minimum absolute atomic E-state index is 0.195. The molecule has 3 rings (SSSR count). The van der Waals surface area contributed by atoms with E-state index in [0.717, 1.165) is 12.0 Å². The van der Waals surface area contributed by atoms with Crippen molar-refractivity contribution in [3.05, 3.63) is 70.8 Å². The number of hydrogen-bond donors (Lipinski definition) is 0. The van der Waals surface area contributed by atoms with Crippen molar-refractivity contribution in [2.75, 3.05) is 0 Å². The topological polar surface area (TPSA) is 37.4 Å².